The number of rotatable bonds is 8. The zero-order valence-electron chi connectivity index (χ0n) is 42.5. The van der Waals surface area contributed by atoms with Gasteiger partial charge in [-0.2, -0.15) is 0 Å². The van der Waals surface area contributed by atoms with Crippen LogP contribution in [0.5, 0.6) is 0 Å². The van der Waals surface area contributed by atoms with Crippen LogP contribution in [0, 0.1) is 0 Å². The van der Waals surface area contributed by atoms with Crippen molar-refractivity contribution >= 4 is 77.6 Å². The van der Waals surface area contributed by atoms with Gasteiger partial charge in [-0.1, -0.05) is 121 Å². The molecule has 5 heterocycles. The number of aromatic nitrogens is 2. The third kappa shape index (κ3) is 7.52. The van der Waals surface area contributed by atoms with Crippen LogP contribution in [0.15, 0.2) is 271 Å². The first-order valence-electron chi connectivity index (χ1n) is 26.7. The minimum Gasteiger partial charge on any atom is -0.0617 e. The molecule has 0 saturated heterocycles. The number of benzene rings is 10. The summed E-state index contributed by atoms with van der Waals surface area (Å²) in [5, 5.41) is 2.58. The van der Waals surface area contributed by atoms with Crippen LogP contribution in [-0.4, -0.2) is 39.0 Å². The van der Waals surface area contributed by atoms with Crippen molar-refractivity contribution in [2.75, 3.05) is 4.90 Å². The van der Waals surface area contributed by atoms with E-state index in [9.17, 15) is 0 Å². The Bertz CT molecular complexity index is 4370. The molecule has 0 unspecified atom stereocenters. The van der Waals surface area contributed by atoms with Crippen LogP contribution in [-0.2, 0) is 5.41 Å². The molecular formula is C73H45N3SSe2. The average molecular weight is 1150 g/mol. The molecule has 1 aliphatic heterocycles. The van der Waals surface area contributed by atoms with Crippen LogP contribution in [0.3, 0.4) is 0 Å². The van der Waals surface area contributed by atoms with E-state index in [-0.39, 0.29) is 0 Å². The van der Waals surface area contributed by atoms with Gasteiger partial charge in [0, 0.05) is 11.1 Å². The van der Waals surface area contributed by atoms with Crippen LogP contribution in [0.25, 0.3) is 107 Å². The predicted octanol–water partition coefficient (Wildman–Crippen LogP) is 18.8. The Balaban J connectivity index is 0.941. The van der Waals surface area contributed by atoms with E-state index in [1.54, 1.807) is 8.87 Å². The molecule has 4 aromatic heterocycles. The largest absolute Gasteiger partial charge is 0.0617 e. The van der Waals surface area contributed by atoms with E-state index < -0.39 is 5.41 Å². The summed E-state index contributed by atoms with van der Waals surface area (Å²) in [6.07, 6.45) is 0. The number of nitrogens with zero attached hydrogens (tertiary/aromatic N) is 3. The summed E-state index contributed by atoms with van der Waals surface area (Å²) in [4.78, 5) is 18.8. The van der Waals surface area contributed by atoms with Crippen LogP contribution >= 0.6 is 11.3 Å². The quantitative estimate of drug-likeness (QED) is 0.142. The summed E-state index contributed by atoms with van der Waals surface area (Å²) in [6.45, 7) is 0. The molecule has 0 radical (unpaired) electrons. The van der Waals surface area contributed by atoms with E-state index in [1.165, 1.54) is 53.8 Å². The van der Waals surface area contributed by atoms with Crippen molar-refractivity contribution < 1.29 is 0 Å². The number of fused-ring (bicyclic) bond motifs is 13. The number of thiophene rings is 1. The smallest absolute Gasteiger partial charge is 0.0449 e. The topological polar surface area (TPSA) is 29.0 Å². The minimum absolute atomic E-state index is 0.306. The first-order chi connectivity index (χ1) is 39.1. The number of para-hydroxylation sites is 1. The molecule has 0 N–H and O–H groups in total. The fourth-order valence-corrected chi connectivity index (χ4v) is 18.6. The molecule has 370 valence electrons. The van der Waals surface area contributed by atoms with Crippen molar-refractivity contribution in [3.05, 3.63) is 293 Å². The summed E-state index contributed by atoms with van der Waals surface area (Å²) in [5.41, 5.74) is 22.5. The molecule has 0 bridgehead atoms. The molecule has 2 aliphatic rings. The van der Waals surface area contributed by atoms with E-state index in [4.69, 9.17) is 9.97 Å². The van der Waals surface area contributed by atoms with Crippen molar-refractivity contribution in [1.82, 2.24) is 9.97 Å². The molecule has 0 saturated carbocycles. The van der Waals surface area contributed by atoms with Gasteiger partial charge in [-0.3, -0.25) is 0 Å². The first-order valence-corrected chi connectivity index (χ1v) is 31.2. The van der Waals surface area contributed by atoms with Crippen molar-refractivity contribution in [3.63, 3.8) is 0 Å². The van der Waals surface area contributed by atoms with Gasteiger partial charge in [0.15, 0.2) is 0 Å². The van der Waals surface area contributed by atoms with Gasteiger partial charge in [0.05, 0.1) is 0 Å². The van der Waals surface area contributed by atoms with E-state index in [0.29, 0.717) is 34.8 Å². The zero-order chi connectivity index (χ0) is 52.0. The fraction of sp³-hybridized carbons (Fsp3) is 0.0137. The van der Waals surface area contributed by atoms with E-state index in [0.717, 1.165) is 78.3 Å². The van der Waals surface area contributed by atoms with E-state index in [1.807, 2.05) is 11.3 Å². The van der Waals surface area contributed by atoms with Crippen molar-refractivity contribution in [2.45, 2.75) is 5.41 Å². The molecule has 6 heteroatoms. The molecule has 0 fully saturated rings. The SMILES string of the molecule is c1ccc(-c2cc(-c3ccccc3)cc(-c3cc(-c4cc(-c5ccccc5)cc(-c5ccccc5)c4)nc(-c4cccc(N5c6ccccc6C6(c7cc[se]c7-c7[se]ccc76)c6ccc7c(sc8ccccc87)c65)c4)n3)c2)cc1. The Morgan fingerprint density at radius 2 is 0.823 bits per heavy atom. The second kappa shape index (κ2) is 18.8. The number of hydrogen-bond donors (Lipinski definition) is 0. The summed E-state index contributed by atoms with van der Waals surface area (Å²) >= 11 is 2.53. The summed E-state index contributed by atoms with van der Waals surface area (Å²) in [6, 6.07) is 95.7. The number of anilines is 3. The standard InChI is InChI=1S/C73H45N3SSe2/c1-5-18-46(19-6-1)51-38-52(47-20-7-2-8-21-47)41-55(40-51)64-45-65(56-42-53(48-22-9-3-10-23-48)39-54(43-56)49-24-11-4-12-25-49)75-72(74-64)50-26-17-27-57(44-50)76-66-30-15-14-29-60(66)73(62-34-36-78-70(62)71-63(73)35-37-79-71)61-33-32-59-58-28-13-16-31-67(58)77-69(59)68(61)76/h1-45H. The second-order valence-corrected chi connectivity index (χ2v) is 25.3. The van der Waals surface area contributed by atoms with Gasteiger partial charge in [0.25, 0.3) is 0 Å². The average Bonchev–Trinajstić information content (AvgIpc) is 4.49. The predicted molar refractivity (Wildman–Crippen MR) is 332 cm³/mol. The van der Waals surface area contributed by atoms with Crippen LogP contribution in [0.2, 0.25) is 0 Å². The molecule has 3 nitrogen and oxygen atoms in total. The van der Waals surface area contributed by atoms with Gasteiger partial charge >= 0.3 is 259 Å². The zero-order valence-corrected chi connectivity index (χ0v) is 46.8. The Labute approximate surface area is 474 Å². The monoisotopic (exact) mass is 1160 g/mol. The molecule has 10 aromatic carbocycles. The van der Waals surface area contributed by atoms with Crippen LogP contribution < -0.4 is 4.90 Å². The van der Waals surface area contributed by atoms with Crippen LogP contribution in [0.1, 0.15) is 22.3 Å². The maximum atomic E-state index is 5.66. The van der Waals surface area contributed by atoms with Crippen LogP contribution in [0.4, 0.5) is 17.1 Å². The Morgan fingerprint density at radius 1 is 0.342 bits per heavy atom. The van der Waals surface area contributed by atoms with Gasteiger partial charge in [-0.05, 0) is 87.0 Å². The van der Waals surface area contributed by atoms with Gasteiger partial charge in [0.2, 0.25) is 0 Å². The molecule has 1 aliphatic carbocycles. The summed E-state index contributed by atoms with van der Waals surface area (Å²) in [5.74, 6) is 0.659. The summed E-state index contributed by atoms with van der Waals surface area (Å²) in [7, 11) is 0. The van der Waals surface area contributed by atoms with E-state index >= 15 is 0 Å². The molecule has 1 spiro atoms. The molecule has 16 rings (SSSR count). The van der Waals surface area contributed by atoms with Crippen molar-refractivity contribution in [1.29, 1.82) is 0 Å². The minimum atomic E-state index is -0.412. The third-order valence-electron chi connectivity index (χ3n) is 16.0. The fourth-order valence-electron chi connectivity index (χ4n) is 12.5. The van der Waals surface area contributed by atoms with E-state index in [2.05, 4.69) is 276 Å². The number of hydrogen-bond acceptors (Lipinski definition) is 4. The van der Waals surface area contributed by atoms with Gasteiger partial charge < -0.3 is 0 Å². The Kier molecular flexibility index (Phi) is 11.0. The van der Waals surface area contributed by atoms with Crippen molar-refractivity contribution in [3.8, 4) is 87.3 Å². The molecule has 0 amide bonds. The summed E-state index contributed by atoms with van der Waals surface area (Å²) < 4.78 is 5.77. The molecule has 14 aromatic rings. The van der Waals surface area contributed by atoms with Gasteiger partial charge in [-0.15, -0.1) is 0 Å². The van der Waals surface area contributed by atoms with Crippen molar-refractivity contribution in [2.24, 2.45) is 0 Å². The Hall–Kier alpha value is -8.70. The molecular weight excluding hydrogens is 1110 g/mol. The first kappa shape index (κ1) is 46.4. The second-order valence-electron chi connectivity index (χ2n) is 20.4. The normalized spacial score (nSPS) is 12.9. The van der Waals surface area contributed by atoms with Gasteiger partial charge in [0.1, 0.15) is 0 Å². The Morgan fingerprint density at radius 3 is 1.38 bits per heavy atom. The maximum Gasteiger partial charge on any atom is -0.0449 e. The third-order valence-corrected chi connectivity index (χ3v) is 21.8. The molecule has 0 atom stereocenters. The molecule has 79 heavy (non-hydrogen) atoms. The maximum absolute atomic E-state index is 5.66. The van der Waals surface area contributed by atoms with Gasteiger partial charge in [-0.25, -0.2) is 0 Å².